The molecular formula is C25H33Cl2N3O4S. The molecule has 0 aromatic heterocycles. The first kappa shape index (κ1) is 28.9. The summed E-state index contributed by atoms with van der Waals surface area (Å²) in [5, 5.41) is 3.57. The van der Waals surface area contributed by atoms with Gasteiger partial charge in [0.25, 0.3) is 0 Å². The second-order valence-electron chi connectivity index (χ2n) is 8.78. The smallest absolute Gasteiger partial charge is 0.244 e. The molecule has 2 rings (SSSR count). The highest BCUT2D eigenvalue weighted by molar-refractivity contribution is 7.92. The van der Waals surface area contributed by atoms with Crippen molar-refractivity contribution in [3.05, 3.63) is 63.1 Å². The summed E-state index contributed by atoms with van der Waals surface area (Å²) in [5.41, 5.74) is 2.45. The van der Waals surface area contributed by atoms with Crippen molar-refractivity contribution < 1.29 is 18.0 Å². The van der Waals surface area contributed by atoms with Crippen LogP contribution in [0.5, 0.6) is 0 Å². The minimum atomic E-state index is -3.81. The van der Waals surface area contributed by atoms with E-state index in [9.17, 15) is 18.0 Å². The Labute approximate surface area is 218 Å². The molecular weight excluding hydrogens is 509 g/mol. The standard InChI is InChI=1S/C25H33Cl2N3O4S/c1-7-18(4)28-25(32)19(5)29(14-20-21(26)9-8-10-22(20)27)24(31)15-30(35(6,33)34)23-13-16(2)11-12-17(23)3/h8-13,18-19H,7,14-15H2,1-6H3,(H,28,32)/t18-,19+/m0/s1. The van der Waals surface area contributed by atoms with Crippen LogP contribution in [0.25, 0.3) is 0 Å². The van der Waals surface area contributed by atoms with Gasteiger partial charge in [0.1, 0.15) is 12.6 Å². The number of carbonyl (C=O) groups excluding carboxylic acids is 2. The molecule has 0 unspecified atom stereocenters. The maximum atomic E-state index is 13.7. The minimum Gasteiger partial charge on any atom is -0.352 e. The molecule has 0 saturated carbocycles. The fraction of sp³-hybridized carbons (Fsp3) is 0.440. The number of aryl methyl sites for hydroxylation is 2. The van der Waals surface area contributed by atoms with Crippen molar-refractivity contribution in [2.75, 3.05) is 17.1 Å². The van der Waals surface area contributed by atoms with Gasteiger partial charge in [0.15, 0.2) is 0 Å². The topological polar surface area (TPSA) is 86.8 Å². The van der Waals surface area contributed by atoms with Gasteiger partial charge in [0.2, 0.25) is 21.8 Å². The zero-order chi connectivity index (χ0) is 26.5. The number of hydrogen-bond donors (Lipinski definition) is 1. The number of nitrogens with one attached hydrogen (secondary N) is 1. The minimum absolute atomic E-state index is 0.0587. The van der Waals surface area contributed by atoms with Crippen LogP contribution in [0, 0.1) is 13.8 Å². The van der Waals surface area contributed by atoms with Gasteiger partial charge < -0.3 is 10.2 Å². The van der Waals surface area contributed by atoms with E-state index < -0.39 is 28.5 Å². The SMILES string of the molecule is CC[C@H](C)NC(=O)[C@@H](C)N(Cc1c(Cl)cccc1Cl)C(=O)CN(c1cc(C)ccc1C)S(C)(=O)=O. The van der Waals surface area contributed by atoms with Crippen LogP contribution in [-0.4, -0.2) is 50.0 Å². The fourth-order valence-corrected chi connectivity index (χ4v) is 4.90. The van der Waals surface area contributed by atoms with Crippen molar-refractivity contribution in [1.29, 1.82) is 0 Å². The molecule has 1 N–H and O–H groups in total. The van der Waals surface area contributed by atoms with Gasteiger partial charge in [-0.2, -0.15) is 0 Å². The predicted octanol–water partition coefficient (Wildman–Crippen LogP) is 4.71. The van der Waals surface area contributed by atoms with Crippen LogP contribution in [0.15, 0.2) is 36.4 Å². The largest absolute Gasteiger partial charge is 0.352 e. The van der Waals surface area contributed by atoms with Crippen molar-refractivity contribution in [1.82, 2.24) is 10.2 Å². The van der Waals surface area contributed by atoms with Gasteiger partial charge in [-0.15, -0.1) is 0 Å². The van der Waals surface area contributed by atoms with Crippen molar-refractivity contribution in [2.45, 2.75) is 59.7 Å². The van der Waals surface area contributed by atoms with Gasteiger partial charge >= 0.3 is 0 Å². The molecule has 2 aromatic carbocycles. The Morgan fingerprint density at radius 1 is 1.06 bits per heavy atom. The summed E-state index contributed by atoms with van der Waals surface area (Å²) in [6.07, 6.45) is 1.77. The Morgan fingerprint density at radius 2 is 1.66 bits per heavy atom. The van der Waals surface area contributed by atoms with E-state index in [2.05, 4.69) is 5.32 Å². The second kappa shape index (κ2) is 12.1. The van der Waals surface area contributed by atoms with Crippen LogP contribution in [0.1, 0.15) is 43.9 Å². The number of hydrogen-bond acceptors (Lipinski definition) is 4. The average Bonchev–Trinajstić information content (AvgIpc) is 2.77. The molecule has 2 amide bonds. The summed E-state index contributed by atoms with van der Waals surface area (Å²) in [6.45, 7) is 8.50. The number of halogens is 2. The summed E-state index contributed by atoms with van der Waals surface area (Å²) in [5.74, 6) is -0.910. The highest BCUT2D eigenvalue weighted by Gasteiger charge is 2.31. The molecule has 0 heterocycles. The van der Waals surface area contributed by atoms with E-state index in [0.29, 0.717) is 26.9 Å². The van der Waals surface area contributed by atoms with Gasteiger partial charge in [-0.3, -0.25) is 13.9 Å². The summed E-state index contributed by atoms with van der Waals surface area (Å²) in [6, 6.07) is 9.38. The summed E-state index contributed by atoms with van der Waals surface area (Å²) < 4.78 is 26.6. The summed E-state index contributed by atoms with van der Waals surface area (Å²) in [7, 11) is -3.81. The first-order chi connectivity index (χ1) is 16.3. The van der Waals surface area contributed by atoms with E-state index in [1.807, 2.05) is 26.8 Å². The Balaban J connectivity index is 2.49. The molecule has 7 nitrogen and oxygen atoms in total. The molecule has 192 valence electrons. The third-order valence-electron chi connectivity index (χ3n) is 5.87. The molecule has 0 radical (unpaired) electrons. The summed E-state index contributed by atoms with van der Waals surface area (Å²) in [4.78, 5) is 27.9. The van der Waals surface area contributed by atoms with E-state index in [-0.39, 0.29) is 18.5 Å². The Morgan fingerprint density at radius 3 is 2.20 bits per heavy atom. The lowest BCUT2D eigenvalue weighted by Crippen LogP contribution is -2.52. The molecule has 0 aliphatic carbocycles. The molecule has 0 aliphatic heterocycles. The highest BCUT2D eigenvalue weighted by Crippen LogP contribution is 2.28. The summed E-state index contributed by atoms with van der Waals surface area (Å²) >= 11 is 12.7. The molecule has 35 heavy (non-hydrogen) atoms. The van der Waals surface area contributed by atoms with Gasteiger partial charge in [-0.1, -0.05) is 48.3 Å². The third-order valence-corrected chi connectivity index (χ3v) is 7.71. The third kappa shape index (κ3) is 7.59. The number of carbonyl (C=O) groups is 2. The first-order valence-corrected chi connectivity index (χ1v) is 13.9. The first-order valence-electron chi connectivity index (χ1n) is 11.3. The predicted molar refractivity (Wildman–Crippen MR) is 142 cm³/mol. The number of amides is 2. The van der Waals surface area contributed by atoms with Crippen molar-refractivity contribution >= 4 is 50.7 Å². The van der Waals surface area contributed by atoms with E-state index >= 15 is 0 Å². The monoisotopic (exact) mass is 541 g/mol. The lowest BCUT2D eigenvalue weighted by molar-refractivity contribution is -0.139. The van der Waals surface area contributed by atoms with Crippen LogP contribution in [0.3, 0.4) is 0 Å². The number of benzene rings is 2. The van der Waals surface area contributed by atoms with Gasteiger partial charge in [0, 0.05) is 28.2 Å². The van der Waals surface area contributed by atoms with Gasteiger partial charge in [-0.25, -0.2) is 8.42 Å². The zero-order valence-corrected chi connectivity index (χ0v) is 23.3. The van der Waals surface area contributed by atoms with Crippen LogP contribution in [0.2, 0.25) is 10.0 Å². The van der Waals surface area contributed by atoms with Crippen molar-refractivity contribution in [3.8, 4) is 0 Å². The molecule has 2 aromatic rings. The van der Waals surface area contributed by atoms with E-state index in [1.165, 1.54) is 4.90 Å². The number of rotatable bonds is 10. The lowest BCUT2D eigenvalue weighted by atomic mass is 10.1. The molecule has 10 heteroatoms. The lowest BCUT2D eigenvalue weighted by Gasteiger charge is -2.32. The normalized spacial score (nSPS) is 13.1. The zero-order valence-electron chi connectivity index (χ0n) is 20.9. The van der Waals surface area contributed by atoms with E-state index in [0.717, 1.165) is 22.5 Å². The molecule has 0 spiro atoms. The van der Waals surface area contributed by atoms with Crippen molar-refractivity contribution in [2.24, 2.45) is 0 Å². The molecule has 0 saturated heterocycles. The quantitative estimate of drug-likeness (QED) is 0.471. The Bertz CT molecular complexity index is 1170. The highest BCUT2D eigenvalue weighted by atomic mass is 35.5. The fourth-order valence-electron chi connectivity index (χ4n) is 3.48. The van der Waals surface area contributed by atoms with Crippen LogP contribution in [0.4, 0.5) is 5.69 Å². The molecule has 0 fully saturated rings. The van der Waals surface area contributed by atoms with E-state index in [1.54, 1.807) is 44.2 Å². The van der Waals surface area contributed by atoms with E-state index in [4.69, 9.17) is 23.2 Å². The molecule has 2 atom stereocenters. The number of sulfonamides is 1. The Kier molecular flexibility index (Phi) is 10.0. The molecule has 0 bridgehead atoms. The Hall–Kier alpha value is -2.29. The maximum absolute atomic E-state index is 13.7. The number of anilines is 1. The van der Waals surface area contributed by atoms with Crippen molar-refractivity contribution in [3.63, 3.8) is 0 Å². The average molecular weight is 543 g/mol. The van der Waals surface area contributed by atoms with Gasteiger partial charge in [0.05, 0.1) is 11.9 Å². The van der Waals surface area contributed by atoms with Crippen LogP contribution < -0.4 is 9.62 Å². The van der Waals surface area contributed by atoms with Crippen LogP contribution in [-0.2, 0) is 26.2 Å². The maximum Gasteiger partial charge on any atom is 0.244 e. The van der Waals surface area contributed by atoms with Crippen LogP contribution >= 0.6 is 23.2 Å². The molecule has 0 aliphatic rings. The number of nitrogens with zero attached hydrogens (tertiary/aromatic N) is 2. The second-order valence-corrected chi connectivity index (χ2v) is 11.5. The van der Waals surface area contributed by atoms with Gasteiger partial charge in [-0.05, 0) is 63.4 Å².